The maximum Gasteiger partial charge on any atom is 0.127 e. The van der Waals surface area contributed by atoms with Crippen molar-refractivity contribution in [3.8, 4) is 0 Å². The highest BCUT2D eigenvalue weighted by atomic mass is 79.9. The Labute approximate surface area is 126 Å². The minimum atomic E-state index is 0.461. The van der Waals surface area contributed by atoms with Gasteiger partial charge in [-0.25, -0.2) is 4.98 Å². The van der Waals surface area contributed by atoms with Crippen LogP contribution in [0.25, 0.3) is 10.9 Å². The zero-order valence-electron chi connectivity index (χ0n) is 11.4. The van der Waals surface area contributed by atoms with Crippen LogP contribution in [0.1, 0.15) is 17.1 Å². The second-order valence-electron chi connectivity index (χ2n) is 4.89. The van der Waals surface area contributed by atoms with E-state index in [0.29, 0.717) is 6.54 Å². The van der Waals surface area contributed by atoms with Crippen LogP contribution in [0.5, 0.6) is 0 Å². The summed E-state index contributed by atoms with van der Waals surface area (Å²) in [6.45, 7) is 0.461. The number of benzene rings is 1. The first-order valence-electron chi connectivity index (χ1n) is 6.65. The van der Waals surface area contributed by atoms with E-state index >= 15 is 0 Å². The first-order valence-corrected chi connectivity index (χ1v) is 7.45. The predicted molar refractivity (Wildman–Crippen MR) is 84.5 cm³/mol. The van der Waals surface area contributed by atoms with Crippen molar-refractivity contribution in [2.45, 2.75) is 19.4 Å². The topological polar surface area (TPSA) is 59.6 Å². The van der Waals surface area contributed by atoms with Crippen molar-refractivity contribution in [1.29, 1.82) is 0 Å². The highest BCUT2D eigenvalue weighted by Crippen LogP contribution is 2.22. The number of nitrogens with two attached hydrogens (primary N) is 1. The number of para-hydroxylation sites is 1. The van der Waals surface area contributed by atoms with E-state index in [0.717, 1.165) is 23.3 Å². The average Bonchev–Trinajstić information content (AvgIpc) is 2.99. The molecule has 0 fully saturated rings. The van der Waals surface area contributed by atoms with Crippen molar-refractivity contribution in [2.24, 2.45) is 12.8 Å². The smallest absolute Gasteiger partial charge is 0.127 e. The Hall–Kier alpha value is -1.59. The van der Waals surface area contributed by atoms with Crippen LogP contribution < -0.4 is 5.73 Å². The molecule has 2 aromatic heterocycles. The Morgan fingerprint density at radius 2 is 2.10 bits per heavy atom. The molecule has 0 saturated heterocycles. The summed E-state index contributed by atoms with van der Waals surface area (Å²) in [6.07, 6.45) is 4.01. The van der Waals surface area contributed by atoms with Crippen molar-refractivity contribution >= 4 is 26.8 Å². The van der Waals surface area contributed by atoms with Gasteiger partial charge in [0, 0.05) is 24.1 Å². The quantitative estimate of drug-likeness (QED) is 0.771. The molecule has 0 spiro atoms. The number of H-pyrrole nitrogens is 1. The van der Waals surface area contributed by atoms with Gasteiger partial charge in [-0.3, -0.25) is 0 Å². The van der Waals surface area contributed by atoms with Gasteiger partial charge in [-0.2, -0.15) is 0 Å². The fourth-order valence-corrected chi connectivity index (χ4v) is 3.26. The summed E-state index contributed by atoms with van der Waals surface area (Å²) in [7, 11) is 2.02. The van der Waals surface area contributed by atoms with Crippen molar-refractivity contribution in [1.82, 2.24) is 14.5 Å². The van der Waals surface area contributed by atoms with Gasteiger partial charge in [-0.05, 0) is 40.4 Å². The Morgan fingerprint density at radius 1 is 1.30 bits per heavy atom. The first-order chi connectivity index (χ1) is 9.70. The third kappa shape index (κ3) is 2.27. The number of fused-ring (bicyclic) bond motifs is 1. The van der Waals surface area contributed by atoms with E-state index in [4.69, 9.17) is 5.73 Å². The number of aryl methyl sites for hydroxylation is 1. The normalized spacial score (nSPS) is 11.3. The van der Waals surface area contributed by atoms with Crippen LogP contribution >= 0.6 is 15.9 Å². The van der Waals surface area contributed by atoms with E-state index in [1.165, 1.54) is 22.2 Å². The number of aromatic amines is 1. The molecule has 4 nitrogen and oxygen atoms in total. The minimum Gasteiger partial charge on any atom is -0.361 e. The van der Waals surface area contributed by atoms with Crippen LogP contribution in [0.4, 0.5) is 0 Å². The molecule has 0 radical (unpaired) electrons. The van der Waals surface area contributed by atoms with Gasteiger partial charge in [0.1, 0.15) is 10.4 Å². The number of rotatable bonds is 4. The minimum absolute atomic E-state index is 0.461. The van der Waals surface area contributed by atoms with E-state index in [-0.39, 0.29) is 0 Å². The Bertz CT molecular complexity index is 741. The van der Waals surface area contributed by atoms with Crippen LogP contribution in [0, 0.1) is 0 Å². The number of nitrogens with zero attached hydrogens (tertiary/aromatic N) is 2. The van der Waals surface area contributed by atoms with Crippen LogP contribution in [0.3, 0.4) is 0 Å². The summed E-state index contributed by atoms with van der Waals surface area (Å²) in [5.41, 5.74) is 9.40. The largest absolute Gasteiger partial charge is 0.361 e. The SMILES string of the molecule is Cn1c(CN)nc(Br)c1CCc1c[nH]c2ccccc12. The Morgan fingerprint density at radius 3 is 2.85 bits per heavy atom. The van der Waals surface area contributed by atoms with Crippen LogP contribution in [-0.2, 0) is 26.4 Å². The summed E-state index contributed by atoms with van der Waals surface area (Å²) in [5, 5.41) is 1.30. The van der Waals surface area contributed by atoms with Crippen molar-refractivity contribution in [2.75, 3.05) is 0 Å². The maximum absolute atomic E-state index is 5.69. The van der Waals surface area contributed by atoms with Gasteiger partial charge in [-0.1, -0.05) is 18.2 Å². The highest BCUT2D eigenvalue weighted by molar-refractivity contribution is 9.10. The molecule has 0 bridgehead atoms. The maximum atomic E-state index is 5.69. The third-order valence-corrected chi connectivity index (χ3v) is 4.38. The van der Waals surface area contributed by atoms with Crippen molar-refractivity contribution in [3.63, 3.8) is 0 Å². The van der Waals surface area contributed by atoms with E-state index < -0.39 is 0 Å². The predicted octanol–water partition coefficient (Wildman–Crippen LogP) is 2.91. The van der Waals surface area contributed by atoms with Gasteiger partial charge >= 0.3 is 0 Å². The van der Waals surface area contributed by atoms with Gasteiger partial charge < -0.3 is 15.3 Å². The van der Waals surface area contributed by atoms with Gasteiger partial charge in [-0.15, -0.1) is 0 Å². The van der Waals surface area contributed by atoms with Crippen LogP contribution in [0.2, 0.25) is 0 Å². The molecule has 3 N–H and O–H groups in total. The molecule has 20 heavy (non-hydrogen) atoms. The van der Waals surface area contributed by atoms with Crippen LogP contribution in [0.15, 0.2) is 35.1 Å². The van der Waals surface area contributed by atoms with E-state index in [1.807, 2.05) is 13.1 Å². The van der Waals surface area contributed by atoms with Crippen LogP contribution in [-0.4, -0.2) is 14.5 Å². The molecule has 0 aliphatic carbocycles. The molecular formula is C15H17BrN4. The monoisotopic (exact) mass is 332 g/mol. The average molecular weight is 333 g/mol. The molecule has 3 aromatic rings. The van der Waals surface area contributed by atoms with E-state index in [1.54, 1.807) is 0 Å². The summed E-state index contributed by atoms with van der Waals surface area (Å²) in [4.78, 5) is 7.75. The summed E-state index contributed by atoms with van der Waals surface area (Å²) >= 11 is 3.53. The molecule has 0 amide bonds. The second-order valence-corrected chi connectivity index (χ2v) is 5.64. The van der Waals surface area contributed by atoms with E-state index in [9.17, 15) is 0 Å². The number of aromatic nitrogens is 3. The van der Waals surface area contributed by atoms with Crippen molar-refractivity contribution < 1.29 is 0 Å². The first kappa shape index (κ1) is 13.4. The van der Waals surface area contributed by atoms with Gasteiger partial charge in [0.15, 0.2) is 0 Å². The zero-order valence-corrected chi connectivity index (χ0v) is 12.9. The molecule has 2 heterocycles. The molecule has 3 rings (SSSR count). The number of halogens is 1. The van der Waals surface area contributed by atoms with E-state index in [2.05, 4.69) is 54.9 Å². The lowest BCUT2D eigenvalue weighted by atomic mass is 10.1. The molecule has 1 aromatic carbocycles. The third-order valence-electron chi connectivity index (χ3n) is 3.75. The molecule has 0 unspecified atom stereocenters. The molecule has 0 saturated carbocycles. The number of imidazole rings is 1. The zero-order chi connectivity index (χ0) is 14.1. The molecule has 0 atom stereocenters. The lowest BCUT2D eigenvalue weighted by Gasteiger charge is -2.05. The van der Waals surface area contributed by atoms with Gasteiger partial charge in [0.05, 0.1) is 12.2 Å². The van der Waals surface area contributed by atoms with Crippen molar-refractivity contribution in [3.05, 3.63) is 52.1 Å². The molecule has 104 valence electrons. The number of nitrogens with one attached hydrogen (secondary N) is 1. The molecule has 5 heteroatoms. The second kappa shape index (κ2) is 5.42. The standard InChI is InChI=1S/C15H17BrN4/c1-20-13(15(16)19-14(20)8-17)7-6-10-9-18-12-5-3-2-4-11(10)12/h2-5,9,18H,6-8,17H2,1H3. The Kier molecular flexibility index (Phi) is 3.63. The summed E-state index contributed by atoms with van der Waals surface area (Å²) in [5.74, 6) is 0.908. The fraction of sp³-hybridized carbons (Fsp3) is 0.267. The molecular weight excluding hydrogens is 316 g/mol. The number of hydrogen-bond acceptors (Lipinski definition) is 2. The van der Waals surface area contributed by atoms with Gasteiger partial charge in [0.25, 0.3) is 0 Å². The fourth-order valence-electron chi connectivity index (χ4n) is 2.59. The summed E-state index contributed by atoms with van der Waals surface area (Å²) in [6, 6.07) is 8.39. The number of hydrogen-bond donors (Lipinski definition) is 2. The highest BCUT2D eigenvalue weighted by Gasteiger charge is 2.12. The Balaban J connectivity index is 1.85. The lowest BCUT2D eigenvalue weighted by molar-refractivity contribution is 0.740. The lowest BCUT2D eigenvalue weighted by Crippen LogP contribution is -2.07. The summed E-state index contributed by atoms with van der Waals surface area (Å²) < 4.78 is 2.99. The van der Waals surface area contributed by atoms with Gasteiger partial charge in [0.2, 0.25) is 0 Å². The molecule has 0 aliphatic heterocycles. The molecule has 0 aliphatic rings.